The van der Waals surface area contributed by atoms with Crippen molar-refractivity contribution < 1.29 is 0 Å². The molecule has 1 aliphatic rings. The zero-order valence-electron chi connectivity index (χ0n) is 14.4. The molecule has 0 amide bonds. The van der Waals surface area contributed by atoms with E-state index in [9.17, 15) is 0 Å². The molecule has 0 aliphatic carbocycles. The molecule has 1 nitrogen and oxygen atoms in total. The van der Waals surface area contributed by atoms with Crippen LogP contribution >= 0.6 is 0 Å². The van der Waals surface area contributed by atoms with E-state index in [4.69, 9.17) is 0 Å². The van der Waals surface area contributed by atoms with Gasteiger partial charge in [0.05, 0.1) is 11.4 Å². The van der Waals surface area contributed by atoms with Crippen LogP contribution in [0, 0.1) is 0 Å². The van der Waals surface area contributed by atoms with Crippen LogP contribution in [0.25, 0.3) is 0 Å². The molecule has 0 fully saturated rings. The Kier molecular flexibility index (Phi) is 4.26. The van der Waals surface area contributed by atoms with Gasteiger partial charge in [0, 0.05) is 11.1 Å². The van der Waals surface area contributed by atoms with Gasteiger partial charge >= 0.3 is 0 Å². The molecule has 2 aromatic rings. The summed E-state index contributed by atoms with van der Waals surface area (Å²) >= 11 is 0. The molecule has 0 N–H and O–H groups in total. The number of hydrogen-bond donors (Lipinski definition) is 0. The second-order valence-electron chi connectivity index (χ2n) is 6.42. The zero-order chi connectivity index (χ0) is 17.2. The van der Waals surface area contributed by atoms with Crippen LogP contribution in [0.2, 0.25) is 0 Å². The molecule has 0 bridgehead atoms. The number of allylic oxidation sites excluding steroid dienone is 5. The van der Waals surface area contributed by atoms with Crippen LogP contribution in [0.3, 0.4) is 0 Å². The quantitative estimate of drug-likeness (QED) is 0.643. The Morgan fingerprint density at radius 3 is 2.12 bits per heavy atom. The predicted octanol–water partition coefficient (Wildman–Crippen LogP) is 6.30. The molecule has 1 heteroatoms. The summed E-state index contributed by atoms with van der Waals surface area (Å²) in [6, 6.07) is 19.1. The van der Waals surface area contributed by atoms with Crippen molar-refractivity contribution in [3.05, 3.63) is 109 Å². The normalized spacial score (nSPS) is 19.2. The molecule has 1 aliphatic heterocycles. The van der Waals surface area contributed by atoms with E-state index in [0.29, 0.717) is 0 Å². The summed E-state index contributed by atoms with van der Waals surface area (Å²) in [5.74, 6) is 0. The van der Waals surface area contributed by atoms with Crippen molar-refractivity contribution in [3.8, 4) is 0 Å². The van der Waals surface area contributed by atoms with Crippen LogP contribution in [-0.4, -0.2) is 0 Å². The summed E-state index contributed by atoms with van der Waals surface area (Å²) in [7, 11) is 0. The molecule has 120 valence electrons. The van der Waals surface area contributed by atoms with Gasteiger partial charge in [-0.05, 0) is 35.4 Å². The number of fused-ring (bicyclic) bond motifs is 1. The molecule has 0 aromatic heterocycles. The van der Waals surface area contributed by atoms with E-state index in [1.165, 1.54) is 16.8 Å². The van der Waals surface area contributed by atoms with Crippen molar-refractivity contribution in [2.75, 3.05) is 4.90 Å². The molecule has 0 saturated heterocycles. The van der Waals surface area contributed by atoms with Gasteiger partial charge in [-0.25, -0.2) is 0 Å². The van der Waals surface area contributed by atoms with Crippen molar-refractivity contribution in [2.24, 2.45) is 0 Å². The van der Waals surface area contributed by atoms with E-state index in [1.807, 2.05) is 18.2 Å². The average Bonchev–Trinajstić information content (AvgIpc) is 2.60. The van der Waals surface area contributed by atoms with Crippen LogP contribution in [-0.2, 0) is 5.41 Å². The van der Waals surface area contributed by atoms with Crippen LogP contribution in [0.4, 0.5) is 11.4 Å². The maximum absolute atomic E-state index is 3.93. The third-order valence-electron chi connectivity index (χ3n) is 4.58. The summed E-state index contributed by atoms with van der Waals surface area (Å²) in [5, 5.41) is 0. The molecule has 0 unspecified atom stereocenters. The second-order valence-corrected chi connectivity index (χ2v) is 6.42. The maximum Gasteiger partial charge on any atom is 0.0502 e. The van der Waals surface area contributed by atoms with Gasteiger partial charge in [-0.3, -0.25) is 0 Å². The number of benzene rings is 2. The van der Waals surface area contributed by atoms with Gasteiger partial charge in [0.1, 0.15) is 0 Å². The Morgan fingerprint density at radius 2 is 1.46 bits per heavy atom. The highest BCUT2D eigenvalue weighted by atomic mass is 15.2. The van der Waals surface area contributed by atoms with Gasteiger partial charge in [-0.1, -0.05) is 81.6 Å². The predicted molar refractivity (Wildman–Crippen MR) is 105 cm³/mol. The van der Waals surface area contributed by atoms with Crippen molar-refractivity contribution >= 4 is 11.4 Å². The fourth-order valence-electron chi connectivity index (χ4n) is 3.46. The summed E-state index contributed by atoms with van der Waals surface area (Å²) in [5.41, 5.74) is 5.93. The lowest BCUT2D eigenvalue weighted by Gasteiger charge is -2.44. The molecule has 0 saturated carbocycles. The number of rotatable bonds is 3. The van der Waals surface area contributed by atoms with Gasteiger partial charge in [0.25, 0.3) is 0 Å². The lowest BCUT2D eigenvalue weighted by atomic mass is 9.72. The Bertz CT molecular complexity index is 822. The minimum atomic E-state index is -0.106. The fourth-order valence-corrected chi connectivity index (χ4v) is 3.46. The zero-order valence-corrected chi connectivity index (χ0v) is 14.4. The molecule has 1 heterocycles. The minimum absolute atomic E-state index is 0.106. The smallest absolute Gasteiger partial charge is 0.0502 e. The lowest BCUT2D eigenvalue weighted by molar-refractivity contribution is 0.613. The third-order valence-corrected chi connectivity index (χ3v) is 4.58. The molecule has 3 rings (SSSR count). The molecule has 24 heavy (non-hydrogen) atoms. The summed E-state index contributed by atoms with van der Waals surface area (Å²) in [4.78, 5) is 2.30. The first kappa shape index (κ1) is 16.1. The first-order chi connectivity index (χ1) is 11.6. The van der Waals surface area contributed by atoms with Crippen LogP contribution in [0.15, 0.2) is 103 Å². The van der Waals surface area contributed by atoms with Crippen molar-refractivity contribution in [1.82, 2.24) is 0 Å². The van der Waals surface area contributed by atoms with Crippen LogP contribution < -0.4 is 4.90 Å². The monoisotopic (exact) mass is 313 g/mol. The SMILES string of the molecule is C=CC=C1/C(=C\C=C)N(c2ccccc2)c2ccccc2C1(C)C. The van der Waals surface area contributed by atoms with Gasteiger partial charge in [-0.2, -0.15) is 0 Å². The van der Waals surface area contributed by atoms with E-state index in [2.05, 4.69) is 92.6 Å². The minimum Gasteiger partial charge on any atom is -0.310 e. The molecule has 0 spiro atoms. The Morgan fingerprint density at radius 1 is 0.833 bits per heavy atom. The largest absolute Gasteiger partial charge is 0.310 e. The second kappa shape index (κ2) is 6.37. The first-order valence-corrected chi connectivity index (χ1v) is 8.22. The van der Waals surface area contributed by atoms with Gasteiger partial charge in [-0.15, -0.1) is 0 Å². The first-order valence-electron chi connectivity index (χ1n) is 8.22. The Balaban J connectivity index is 2.37. The van der Waals surface area contributed by atoms with Crippen molar-refractivity contribution in [1.29, 1.82) is 0 Å². The highest BCUT2D eigenvalue weighted by molar-refractivity contribution is 5.80. The third kappa shape index (κ3) is 2.52. The Labute approximate surface area is 144 Å². The number of nitrogens with zero attached hydrogens (tertiary/aromatic N) is 1. The van der Waals surface area contributed by atoms with Crippen molar-refractivity contribution in [3.63, 3.8) is 0 Å². The summed E-state index contributed by atoms with van der Waals surface area (Å²) < 4.78 is 0. The highest BCUT2D eigenvalue weighted by Crippen LogP contribution is 2.50. The van der Waals surface area contributed by atoms with E-state index in [0.717, 1.165) is 11.4 Å². The number of hydrogen-bond acceptors (Lipinski definition) is 1. The molecular formula is C23H23N. The topological polar surface area (TPSA) is 3.24 Å². The van der Waals surface area contributed by atoms with Crippen LogP contribution in [0.5, 0.6) is 0 Å². The van der Waals surface area contributed by atoms with E-state index < -0.39 is 0 Å². The van der Waals surface area contributed by atoms with Gasteiger partial charge < -0.3 is 4.90 Å². The standard InChI is InChI=1S/C23H23N/c1-5-12-19-21(13-6-2)24(18-14-8-7-9-15-18)22-17-11-10-16-20(22)23(19,3)4/h5-17H,1-2H2,3-4H3/b19-12?,21-13+. The van der Waals surface area contributed by atoms with E-state index >= 15 is 0 Å². The molecule has 0 radical (unpaired) electrons. The molecular weight excluding hydrogens is 290 g/mol. The summed E-state index contributed by atoms with van der Waals surface area (Å²) in [6.45, 7) is 12.4. The lowest BCUT2D eigenvalue weighted by Crippen LogP contribution is -2.35. The Hall–Kier alpha value is -2.80. The van der Waals surface area contributed by atoms with Crippen LogP contribution in [0.1, 0.15) is 19.4 Å². The summed E-state index contributed by atoms with van der Waals surface area (Å²) in [6.07, 6.45) is 7.92. The number of para-hydroxylation sites is 2. The fraction of sp³-hybridized carbons (Fsp3) is 0.130. The van der Waals surface area contributed by atoms with E-state index in [-0.39, 0.29) is 5.41 Å². The number of anilines is 2. The average molecular weight is 313 g/mol. The molecule has 2 aromatic carbocycles. The van der Waals surface area contributed by atoms with Gasteiger partial charge in [0.2, 0.25) is 0 Å². The van der Waals surface area contributed by atoms with Crippen molar-refractivity contribution in [2.45, 2.75) is 19.3 Å². The van der Waals surface area contributed by atoms with E-state index in [1.54, 1.807) is 0 Å². The van der Waals surface area contributed by atoms with Gasteiger partial charge in [0.15, 0.2) is 0 Å². The maximum atomic E-state index is 3.93. The highest BCUT2D eigenvalue weighted by Gasteiger charge is 2.38. The molecule has 0 atom stereocenters.